The third-order valence-electron chi connectivity index (χ3n) is 16.2. The third kappa shape index (κ3) is 22.8. The first kappa shape index (κ1) is 63.3. The van der Waals surface area contributed by atoms with Crippen LogP contribution in [-0.2, 0) is 68.4 Å². The van der Waals surface area contributed by atoms with E-state index in [1.165, 1.54) is 25.7 Å². The summed E-state index contributed by atoms with van der Waals surface area (Å²) in [5.41, 5.74) is 5.75. The predicted octanol–water partition coefficient (Wildman–Crippen LogP) is 9.54. The van der Waals surface area contributed by atoms with Gasteiger partial charge in [0, 0.05) is 35.2 Å². The van der Waals surface area contributed by atoms with Gasteiger partial charge in [-0.3, -0.25) is 19.2 Å². The minimum absolute atomic E-state index is 0.0493. The van der Waals surface area contributed by atoms with Gasteiger partial charge in [-0.05, 0) is 111 Å². The van der Waals surface area contributed by atoms with Crippen LogP contribution < -0.4 is 24.7 Å². The van der Waals surface area contributed by atoms with Gasteiger partial charge in [-0.15, -0.1) is 0 Å². The van der Waals surface area contributed by atoms with Crippen LogP contribution in [0.3, 0.4) is 0 Å². The first-order valence-electron chi connectivity index (χ1n) is 29.9. The molecule has 4 aliphatic rings. The Morgan fingerprint density at radius 3 is 1.77 bits per heavy atom. The molecule has 18 nitrogen and oxygen atoms in total. The number of primary amides is 1. The SMILES string of the molecule is COc1cc(OCCCC(N)=O)ccc1COC(=O)CC1CCC2CCCC(CC(=O)OCCOCCOCCOCCOc3cccc4c(OCCOCCOCCOCCOC(=O)C5CCC6CCCC(C6)C5)cccc34)(C2)C1. The number of fused-ring (bicyclic) bond motifs is 5. The highest BCUT2D eigenvalue weighted by Gasteiger charge is 2.43. The van der Waals surface area contributed by atoms with E-state index in [0.29, 0.717) is 135 Å². The fourth-order valence-corrected chi connectivity index (χ4v) is 12.4. The Labute approximate surface area is 479 Å². The van der Waals surface area contributed by atoms with Crippen molar-refractivity contribution in [1.29, 1.82) is 0 Å². The van der Waals surface area contributed by atoms with Gasteiger partial charge >= 0.3 is 17.9 Å². The number of carbonyl (C=O) groups is 4. The maximum absolute atomic E-state index is 13.2. The van der Waals surface area contributed by atoms with Crippen LogP contribution in [0.5, 0.6) is 23.0 Å². The highest BCUT2D eigenvalue weighted by atomic mass is 16.6. The Morgan fingerprint density at radius 2 is 1.12 bits per heavy atom. The van der Waals surface area contributed by atoms with E-state index < -0.39 is 0 Å². The average Bonchev–Trinajstić information content (AvgIpc) is 3.78. The van der Waals surface area contributed by atoms with Crippen LogP contribution in [-0.4, -0.2) is 143 Å². The smallest absolute Gasteiger partial charge is 0.309 e. The third-order valence-corrected chi connectivity index (χ3v) is 16.2. The fraction of sp³-hybridized carbons (Fsp3) is 0.683. The maximum atomic E-state index is 13.2. The van der Waals surface area contributed by atoms with Crippen molar-refractivity contribution in [2.45, 2.75) is 122 Å². The van der Waals surface area contributed by atoms with Crippen molar-refractivity contribution in [3.63, 3.8) is 0 Å². The van der Waals surface area contributed by atoms with E-state index in [4.69, 9.17) is 67.3 Å². The number of esters is 3. The van der Waals surface area contributed by atoms with E-state index in [0.717, 1.165) is 98.0 Å². The number of hydrogen-bond donors (Lipinski definition) is 1. The van der Waals surface area contributed by atoms with Gasteiger partial charge in [0.15, 0.2) is 0 Å². The number of rotatable bonds is 39. The zero-order chi connectivity index (χ0) is 56.7. The molecule has 4 fully saturated rings. The standard InChI is InChI=1S/C63H91NO17/c1-69-58-42-53(76-22-6-14-59(64)65)20-19-52(58)46-81-60(66)41-50-16-15-48-9-5-21-63(43-48,44-50)45-61(67)79-37-33-74-29-25-70-23-27-72-31-35-77-56-12-3-11-55-54(56)10-4-13-57(55)78-36-32-73-28-24-71-26-30-75-34-38-80-62(68)51-18-17-47-7-2-8-49(39-47)40-51/h3-4,10-13,19-20,42,47-51H,2,5-9,14-18,21-41,43-46H2,1H3,(H2,64,65). The lowest BCUT2D eigenvalue weighted by Gasteiger charge is -2.39. The molecule has 0 aromatic heterocycles. The lowest BCUT2D eigenvalue weighted by molar-refractivity contribution is -0.151. The summed E-state index contributed by atoms with van der Waals surface area (Å²) in [6.07, 6.45) is 16.6. The Balaban J connectivity index is 0.663. The molecule has 2 N–H and O–H groups in total. The molecule has 450 valence electrons. The summed E-state index contributed by atoms with van der Waals surface area (Å²) < 4.78 is 74.4. The average molecular weight is 1130 g/mol. The number of hydrogen-bond acceptors (Lipinski definition) is 17. The molecule has 3 aromatic carbocycles. The van der Waals surface area contributed by atoms with E-state index in [1.54, 1.807) is 19.2 Å². The first-order chi connectivity index (χ1) is 39.6. The minimum atomic E-state index is -0.368. The quantitative estimate of drug-likeness (QED) is 0.0320. The van der Waals surface area contributed by atoms with Crippen LogP contribution in [0.1, 0.15) is 121 Å². The topological polar surface area (TPSA) is 214 Å². The molecule has 6 atom stereocenters. The Morgan fingerprint density at radius 1 is 0.531 bits per heavy atom. The van der Waals surface area contributed by atoms with Crippen molar-refractivity contribution < 1.29 is 80.8 Å². The molecule has 0 radical (unpaired) electrons. The second-order valence-corrected chi connectivity index (χ2v) is 22.3. The van der Waals surface area contributed by atoms with Crippen LogP contribution in [0.15, 0.2) is 54.6 Å². The number of methoxy groups -OCH3 is 1. The van der Waals surface area contributed by atoms with Gasteiger partial charge in [-0.2, -0.15) is 0 Å². The Kier molecular flexibility index (Phi) is 27.9. The van der Waals surface area contributed by atoms with Crippen LogP contribution in [0.25, 0.3) is 10.8 Å². The fourth-order valence-electron chi connectivity index (χ4n) is 12.4. The molecule has 4 saturated carbocycles. The molecule has 7 rings (SSSR count). The van der Waals surface area contributed by atoms with Gasteiger partial charge in [0.25, 0.3) is 0 Å². The molecular formula is C63H91NO17. The first-order valence-corrected chi connectivity index (χ1v) is 29.9. The van der Waals surface area contributed by atoms with E-state index in [2.05, 4.69) is 0 Å². The van der Waals surface area contributed by atoms with Gasteiger partial charge in [0.2, 0.25) is 5.91 Å². The second kappa shape index (κ2) is 35.7. The summed E-state index contributed by atoms with van der Waals surface area (Å²) in [5.74, 6) is 3.94. The van der Waals surface area contributed by atoms with Crippen LogP contribution in [0.4, 0.5) is 0 Å². The van der Waals surface area contributed by atoms with Crippen molar-refractivity contribution in [3.05, 3.63) is 60.2 Å². The summed E-state index contributed by atoms with van der Waals surface area (Å²) >= 11 is 0. The van der Waals surface area contributed by atoms with Crippen LogP contribution in [0.2, 0.25) is 0 Å². The van der Waals surface area contributed by atoms with E-state index in [-0.39, 0.29) is 73.9 Å². The van der Waals surface area contributed by atoms with Crippen LogP contribution >= 0.6 is 0 Å². The number of amides is 1. The highest BCUT2D eigenvalue weighted by molar-refractivity contribution is 5.93. The lowest BCUT2D eigenvalue weighted by atomic mass is 9.65. The van der Waals surface area contributed by atoms with Gasteiger partial charge in [0.1, 0.15) is 56.0 Å². The van der Waals surface area contributed by atoms with Gasteiger partial charge in [-0.25, -0.2) is 0 Å². The molecule has 0 saturated heterocycles. The molecule has 0 aliphatic heterocycles. The van der Waals surface area contributed by atoms with Crippen molar-refractivity contribution in [1.82, 2.24) is 0 Å². The molecule has 6 unspecified atom stereocenters. The zero-order valence-electron chi connectivity index (χ0n) is 48.1. The largest absolute Gasteiger partial charge is 0.496 e. The maximum Gasteiger partial charge on any atom is 0.309 e. The predicted molar refractivity (Wildman–Crippen MR) is 302 cm³/mol. The molecule has 18 heteroatoms. The molecule has 3 aromatic rings. The molecule has 81 heavy (non-hydrogen) atoms. The second-order valence-electron chi connectivity index (χ2n) is 22.3. The minimum Gasteiger partial charge on any atom is -0.496 e. The van der Waals surface area contributed by atoms with Crippen molar-refractivity contribution in [2.75, 3.05) is 119 Å². The highest BCUT2D eigenvalue weighted by Crippen LogP contribution is 2.52. The zero-order valence-corrected chi connectivity index (χ0v) is 48.1. The van der Waals surface area contributed by atoms with Crippen molar-refractivity contribution in [3.8, 4) is 23.0 Å². The summed E-state index contributed by atoms with van der Waals surface area (Å²) in [6.45, 7) is 6.42. The summed E-state index contributed by atoms with van der Waals surface area (Å²) in [4.78, 5) is 50.0. The summed E-state index contributed by atoms with van der Waals surface area (Å²) in [5, 5.41) is 1.89. The molecule has 0 spiro atoms. The Hall–Kier alpha value is -5.24. The summed E-state index contributed by atoms with van der Waals surface area (Å²) in [6, 6.07) is 17.1. The van der Waals surface area contributed by atoms with E-state index in [9.17, 15) is 19.2 Å². The molecule has 4 aliphatic carbocycles. The van der Waals surface area contributed by atoms with Crippen molar-refractivity contribution >= 4 is 34.6 Å². The van der Waals surface area contributed by atoms with E-state index >= 15 is 0 Å². The lowest BCUT2D eigenvalue weighted by Crippen LogP contribution is -2.32. The van der Waals surface area contributed by atoms with Gasteiger partial charge in [0.05, 0.1) is 105 Å². The number of benzene rings is 3. The number of ether oxygens (including phenoxy) is 13. The molecule has 1 amide bonds. The normalized spacial score (nSPS) is 21.5. The van der Waals surface area contributed by atoms with Crippen LogP contribution in [0, 0.1) is 35.0 Å². The van der Waals surface area contributed by atoms with E-state index in [1.807, 2.05) is 42.5 Å². The van der Waals surface area contributed by atoms with Crippen molar-refractivity contribution in [2.24, 2.45) is 40.7 Å². The number of carbonyl (C=O) groups excluding carboxylic acids is 4. The molecule has 0 heterocycles. The monoisotopic (exact) mass is 1130 g/mol. The van der Waals surface area contributed by atoms with Gasteiger partial charge < -0.3 is 67.3 Å². The molecule has 4 bridgehead atoms. The number of nitrogens with two attached hydrogens (primary N) is 1. The molecular weight excluding hydrogens is 1040 g/mol. The summed E-state index contributed by atoms with van der Waals surface area (Å²) in [7, 11) is 1.55. The van der Waals surface area contributed by atoms with Gasteiger partial charge in [-0.1, -0.05) is 62.8 Å². The Bertz CT molecular complexity index is 2350.